The van der Waals surface area contributed by atoms with Gasteiger partial charge in [-0.15, -0.1) is 0 Å². The number of hydrogen-bond acceptors (Lipinski definition) is 9. The van der Waals surface area contributed by atoms with Gasteiger partial charge < -0.3 is 19.9 Å². The van der Waals surface area contributed by atoms with Gasteiger partial charge in [0, 0.05) is 43.4 Å². The average molecular weight is 539 g/mol. The Kier molecular flexibility index (Phi) is 8.90. The summed E-state index contributed by atoms with van der Waals surface area (Å²) in [5.41, 5.74) is 0.0505. The second-order valence-corrected chi connectivity index (χ2v) is 11.3. The second kappa shape index (κ2) is 12.5. The van der Waals surface area contributed by atoms with Crippen molar-refractivity contribution in [1.82, 2.24) is 19.9 Å². The number of nitrogens with zero attached hydrogens (tertiary/aromatic N) is 5. The number of anilines is 1. The number of halogens is 1. The minimum absolute atomic E-state index is 0.191. The van der Waals surface area contributed by atoms with Crippen molar-refractivity contribution in [2.45, 2.75) is 88.9 Å². The fourth-order valence-electron chi connectivity index (χ4n) is 5.69. The van der Waals surface area contributed by atoms with Gasteiger partial charge in [-0.3, -0.25) is 9.88 Å². The zero-order valence-electron chi connectivity index (χ0n) is 22.7. The number of rotatable bonds is 11. The lowest BCUT2D eigenvalue weighted by Gasteiger charge is -2.37. The predicted molar refractivity (Wildman–Crippen MR) is 145 cm³/mol. The molecule has 0 aromatic carbocycles. The predicted octanol–water partition coefficient (Wildman–Crippen LogP) is 4.34. The number of pyridine rings is 1. The molecule has 0 bridgehead atoms. The Labute approximate surface area is 229 Å². The minimum atomic E-state index is -0.610. The SMILES string of the molecule is CC(O)CCN(C1CCC(Nc2cc(-c3cncc(OCC4(C#N)CCOCC4)n3)c(F)cn2)CC1)C1CC1. The molecule has 3 aliphatic rings. The summed E-state index contributed by atoms with van der Waals surface area (Å²) in [5.74, 6) is 0.391. The van der Waals surface area contributed by atoms with Gasteiger partial charge in [-0.1, -0.05) is 0 Å². The first kappa shape index (κ1) is 27.7. The first-order valence-corrected chi connectivity index (χ1v) is 14.2. The maximum atomic E-state index is 14.8. The number of ether oxygens (including phenoxy) is 2. The molecule has 10 heteroatoms. The van der Waals surface area contributed by atoms with E-state index >= 15 is 0 Å². The monoisotopic (exact) mass is 538 g/mol. The van der Waals surface area contributed by atoms with Crippen LogP contribution in [-0.2, 0) is 4.74 Å². The molecule has 5 rings (SSSR count). The highest BCUT2D eigenvalue weighted by molar-refractivity contribution is 5.63. The van der Waals surface area contributed by atoms with Crippen molar-refractivity contribution in [1.29, 1.82) is 5.26 Å². The largest absolute Gasteiger partial charge is 0.475 e. The standard InChI is InChI=1S/C29H39FN6O3/c1-20(37)8-11-36(23-6-7-23)22-4-2-21(3-5-22)34-27-14-24(25(30)15-33-27)26-16-32-17-28(35-26)39-19-29(18-31)9-12-38-13-10-29/h14-17,20-23,37H,2-13,19H2,1H3,(H,33,34). The Hall–Kier alpha value is -2.87. The molecule has 2 aromatic heterocycles. The summed E-state index contributed by atoms with van der Waals surface area (Å²) in [6.45, 7) is 4.08. The van der Waals surface area contributed by atoms with Crippen molar-refractivity contribution >= 4 is 5.82 Å². The van der Waals surface area contributed by atoms with Crippen molar-refractivity contribution in [2.75, 3.05) is 31.7 Å². The lowest BCUT2D eigenvalue weighted by molar-refractivity contribution is 0.0182. The van der Waals surface area contributed by atoms with Crippen molar-refractivity contribution in [3.05, 3.63) is 30.5 Å². The van der Waals surface area contributed by atoms with E-state index in [1.165, 1.54) is 31.4 Å². The highest BCUT2D eigenvalue weighted by atomic mass is 19.1. The van der Waals surface area contributed by atoms with Crippen LogP contribution < -0.4 is 10.1 Å². The molecule has 2 saturated carbocycles. The van der Waals surface area contributed by atoms with Crippen LogP contribution in [0.2, 0.25) is 0 Å². The third kappa shape index (κ3) is 7.21. The Morgan fingerprint density at radius 2 is 1.90 bits per heavy atom. The first-order valence-electron chi connectivity index (χ1n) is 14.2. The van der Waals surface area contributed by atoms with E-state index in [0.717, 1.165) is 38.6 Å². The molecule has 0 amide bonds. The van der Waals surface area contributed by atoms with Gasteiger partial charge in [0.05, 0.1) is 41.9 Å². The van der Waals surface area contributed by atoms with Gasteiger partial charge in [0.25, 0.3) is 0 Å². The number of nitriles is 1. The van der Waals surface area contributed by atoms with Crippen LogP contribution in [0.15, 0.2) is 24.7 Å². The normalized spacial score (nSPS) is 23.7. The highest BCUT2D eigenvalue weighted by Gasteiger charge is 2.36. The molecule has 2 aliphatic carbocycles. The Bertz CT molecular complexity index is 1140. The van der Waals surface area contributed by atoms with E-state index < -0.39 is 11.2 Å². The van der Waals surface area contributed by atoms with Gasteiger partial charge >= 0.3 is 0 Å². The van der Waals surface area contributed by atoms with Crippen LogP contribution >= 0.6 is 0 Å². The smallest absolute Gasteiger partial charge is 0.232 e. The number of aliphatic hydroxyl groups is 1. The topological polar surface area (TPSA) is 116 Å². The van der Waals surface area contributed by atoms with Gasteiger partial charge in [0.2, 0.25) is 5.88 Å². The van der Waals surface area contributed by atoms with Crippen molar-refractivity contribution in [3.63, 3.8) is 0 Å². The maximum absolute atomic E-state index is 14.8. The summed E-state index contributed by atoms with van der Waals surface area (Å²) in [7, 11) is 0. The van der Waals surface area contributed by atoms with Crippen LogP contribution in [0.3, 0.4) is 0 Å². The molecule has 0 spiro atoms. The van der Waals surface area contributed by atoms with Crippen LogP contribution in [0.5, 0.6) is 5.88 Å². The molecule has 9 nitrogen and oxygen atoms in total. The van der Waals surface area contributed by atoms with Crippen LogP contribution in [0.4, 0.5) is 10.2 Å². The summed E-state index contributed by atoms with van der Waals surface area (Å²) < 4.78 is 26.1. The lowest BCUT2D eigenvalue weighted by Crippen LogP contribution is -2.43. The van der Waals surface area contributed by atoms with Crippen molar-refractivity contribution in [3.8, 4) is 23.2 Å². The number of aliphatic hydroxyl groups excluding tert-OH is 1. The van der Waals surface area contributed by atoms with Crippen LogP contribution in [0, 0.1) is 22.6 Å². The molecule has 210 valence electrons. The summed E-state index contributed by atoms with van der Waals surface area (Å²) in [6.07, 6.45) is 12.7. The summed E-state index contributed by atoms with van der Waals surface area (Å²) in [4.78, 5) is 15.6. The van der Waals surface area contributed by atoms with Crippen LogP contribution in [0.25, 0.3) is 11.3 Å². The van der Waals surface area contributed by atoms with Crippen molar-refractivity contribution < 1.29 is 19.0 Å². The Morgan fingerprint density at radius 1 is 1.18 bits per heavy atom. The average Bonchev–Trinajstić information content (AvgIpc) is 3.80. The Balaban J connectivity index is 1.19. The van der Waals surface area contributed by atoms with E-state index in [9.17, 15) is 14.8 Å². The minimum Gasteiger partial charge on any atom is -0.475 e. The van der Waals surface area contributed by atoms with E-state index in [-0.39, 0.29) is 24.6 Å². The summed E-state index contributed by atoms with van der Waals surface area (Å²) >= 11 is 0. The van der Waals surface area contributed by atoms with Gasteiger partial charge in [-0.2, -0.15) is 5.26 Å². The number of aromatic nitrogens is 3. The van der Waals surface area contributed by atoms with Gasteiger partial charge in [0.1, 0.15) is 12.4 Å². The maximum Gasteiger partial charge on any atom is 0.232 e. The molecule has 3 heterocycles. The zero-order valence-corrected chi connectivity index (χ0v) is 22.7. The van der Waals surface area contributed by atoms with E-state index in [0.29, 0.717) is 55.2 Å². The fraction of sp³-hybridized carbons (Fsp3) is 0.655. The molecule has 2 aromatic rings. The summed E-state index contributed by atoms with van der Waals surface area (Å²) in [6, 6.07) is 5.57. The highest BCUT2D eigenvalue weighted by Crippen LogP contribution is 2.35. The third-order valence-corrected chi connectivity index (χ3v) is 8.27. The molecule has 1 aliphatic heterocycles. The van der Waals surface area contributed by atoms with Crippen molar-refractivity contribution in [2.24, 2.45) is 5.41 Å². The molecular formula is C29H39FN6O3. The number of hydrogen-bond donors (Lipinski definition) is 2. The molecule has 1 atom stereocenters. The van der Waals surface area contributed by atoms with E-state index in [1.807, 2.05) is 6.92 Å². The van der Waals surface area contributed by atoms with E-state index in [1.54, 1.807) is 6.07 Å². The van der Waals surface area contributed by atoms with Gasteiger partial charge in [0.15, 0.2) is 5.82 Å². The Morgan fingerprint density at radius 3 is 2.56 bits per heavy atom. The first-order chi connectivity index (χ1) is 18.9. The zero-order chi connectivity index (χ0) is 27.2. The third-order valence-electron chi connectivity index (χ3n) is 8.27. The molecular weight excluding hydrogens is 499 g/mol. The molecule has 1 saturated heterocycles. The summed E-state index contributed by atoms with van der Waals surface area (Å²) in [5, 5.41) is 22.9. The number of nitrogens with one attached hydrogen (secondary N) is 1. The molecule has 3 fully saturated rings. The molecule has 39 heavy (non-hydrogen) atoms. The second-order valence-electron chi connectivity index (χ2n) is 11.3. The molecule has 0 radical (unpaired) electrons. The van der Waals surface area contributed by atoms with E-state index in [2.05, 4.69) is 31.2 Å². The quantitative estimate of drug-likeness (QED) is 0.431. The fourth-order valence-corrected chi connectivity index (χ4v) is 5.69. The van der Waals surface area contributed by atoms with Crippen LogP contribution in [-0.4, -0.2) is 75.6 Å². The molecule has 1 unspecified atom stereocenters. The molecule has 2 N–H and O–H groups in total. The van der Waals surface area contributed by atoms with Crippen LogP contribution in [0.1, 0.15) is 64.7 Å². The van der Waals surface area contributed by atoms with Gasteiger partial charge in [-0.05, 0) is 70.8 Å². The van der Waals surface area contributed by atoms with Gasteiger partial charge in [-0.25, -0.2) is 14.4 Å². The van der Waals surface area contributed by atoms with E-state index in [4.69, 9.17) is 9.47 Å². The lowest BCUT2D eigenvalue weighted by atomic mass is 9.83.